The van der Waals surface area contributed by atoms with Crippen molar-refractivity contribution in [2.24, 2.45) is 0 Å². The van der Waals surface area contributed by atoms with Gasteiger partial charge in [-0.2, -0.15) is 0 Å². The molecule has 0 unspecified atom stereocenters. The summed E-state index contributed by atoms with van der Waals surface area (Å²) in [6, 6.07) is 2.07. The lowest BCUT2D eigenvalue weighted by molar-refractivity contribution is 0.603. The fourth-order valence-electron chi connectivity index (χ4n) is 1.46. The highest BCUT2D eigenvalue weighted by atomic mass is 28.2. The highest BCUT2D eigenvalue weighted by Crippen LogP contribution is 2.28. The van der Waals surface area contributed by atoms with Crippen LogP contribution in [0.2, 0.25) is 0 Å². The molecule has 1 aromatic rings. The normalized spacial score (nSPS) is 9.85. The first-order valence-electron chi connectivity index (χ1n) is 4.18. The SMILES string of the molecule is C=Cc1cc(C)c(O[Si])c(C)c1C. The van der Waals surface area contributed by atoms with Gasteiger partial charge in [0.15, 0.2) is 0 Å². The predicted octanol–water partition coefficient (Wildman–Crippen LogP) is 2.72. The molecule has 67 valence electrons. The summed E-state index contributed by atoms with van der Waals surface area (Å²) >= 11 is 0. The van der Waals surface area contributed by atoms with Crippen LogP contribution in [0.25, 0.3) is 6.08 Å². The van der Waals surface area contributed by atoms with Crippen molar-refractivity contribution in [1.29, 1.82) is 0 Å². The maximum atomic E-state index is 5.13. The Kier molecular flexibility index (Phi) is 2.93. The molecule has 0 spiro atoms. The van der Waals surface area contributed by atoms with Crippen molar-refractivity contribution in [1.82, 2.24) is 0 Å². The molecule has 1 rings (SSSR count). The fourth-order valence-corrected chi connectivity index (χ4v) is 1.77. The van der Waals surface area contributed by atoms with Crippen molar-refractivity contribution in [2.45, 2.75) is 20.8 Å². The van der Waals surface area contributed by atoms with Gasteiger partial charge in [-0.25, -0.2) is 0 Å². The molecule has 0 aliphatic carbocycles. The lowest BCUT2D eigenvalue weighted by Gasteiger charge is -2.13. The van der Waals surface area contributed by atoms with Gasteiger partial charge in [-0.3, -0.25) is 0 Å². The van der Waals surface area contributed by atoms with Gasteiger partial charge in [0, 0.05) is 0 Å². The zero-order valence-corrected chi connectivity index (χ0v) is 9.27. The van der Waals surface area contributed by atoms with Crippen LogP contribution in [-0.2, 0) is 0 Å². The van der Waals surface area contributed by atoms with E-state index in [1.54, 1.807) is 0 Å². The van der Waals surface area contributed by atoms with Crippen LogP contribution in [0.1, 0.15) is 22.3 Å². The Bertz CT molecular complexity index is 342. The standard InChI is InChI=1S/C11H13OSi/c1-5-10-6-7(2)11(12-13)9(4)8(10)3/h5-6H,1H2,2-4H3. The molecule has 2 heteroatoms. The Hall–Kier alpha value is -1.02. The van der Waals surface area contributed by atoms with Crippen molar-refractivity contribution in [3.05, 3.63) is 34.9 Å². The van der Waals surface area contributed by atoms with Crippen LogP contribution < -0.4 is 4.43 Å². The van der Waals surface area contributed by atoms with E-state index in [1.807, 2.05) is 19.9 Å². The average Bonchev–Trinajstić information content (AvgIpc) is 2.12. The molecule has 0 atom stereocenters. The van der Waals surface area contributed by atoms with Crippen molar-refractivity contribution < 1.29 is 4.43 Å². The Labute approximate surface area is 83.0 Å². The molecule has 1 nitrogen and oxygen atoms in total. The minimum absolute atomic E-state index is 0.903. The second-order valence-electron chi connectivity index (χ2n) is 3.17. The van der Waals surface area contributed by atoms with E-state index in [2.05, 4.69) is 30.1 Å². The van der Waals surface area contributed by atoms with Crippen molar-refractivity contribution in [2.75, 3.05) is 0 Å². The summed E-state index contributed by atoms with van der Waals surface area (Å²) in [4.78, 5) is 0. The summed E-state index contributed by atoms with van der Waals surface area (Å²) in [5.41, 5.74) is 4.66. The van der Waals surface area contributed by atoms with Gasteiger partial charge >= 0.3 is 10.5 Å². The summed E-state index contributed by atoms with van der Waals surface area (Å²) in [5.74, 6) is 0.903. The van der Waals surface area contributed by atoms with Gasteiger partial charge < -0.3 is 4.43 Å². The maximum absolute atomic E-state index is 5.13. The summed E-state index contributed by atoms with van der Waals surface area (Å²) in [5, 5.41) is 0. The second-order valence-corrected chi connectivity index (χ2v) is 3.37. The monoisotopic (exact) mass is 189 g/mol. The fraction of sp³-hybridized carbons (Fsp3) is 0.273. The van der Waals surface area contributed by atoms with Gasteiger partial charge in [-0.1, -0.05) is 12.7 Å². The van der Waals surface area contributed by atoms with E-state index in [9.17, 15) is 0 Å². The molecule has 0 saturated carbocycles. The molecule has 0 fully saturated rings. The van der Waals surface area contributed by atoms with Crippen LogP contribution in [0.15, 0.2) is 12.6 Å². The maximum Gasteiger partial charge on any atom is 0.341 e. The minimum atomic E-state index is 0.903. The first kappa shape index (κ1) is 10.1. The van der Waals surface area contributed by atoms with E-state index in [1.165, 1.54) is 11.1 Å². The highest BCUT2D eigenvalue weighted by Gasteiger charge is 2.07. The van der Waals surface area contributed by atoms with E-state index in [-0.39, 0.29) is 0 Å². The molecule has 0 saturated heterocycles. The van der Waals surface area contributed by atoms with Crippen LogP contribution in [-0.4, -0.2) is 10.5 Å². The number of benzene rings is 1. The van der Waals surface area contributed by atoms with E-state index in [0.29, 0.717) is 0 Å². The summed E-state index contributed by atoms with van der Waals surface area (Å²) < 4.78 is 5.13. The number of hydrogen-bond acceptors (Lipinski definition) is 1. The Morgan fingerprint density at radius 1 is 1.31 bits per heavy atom. The average molecular weight is 189 g/mol. The van der Waals surface area contributed by atoms with E-state index < -0.39 is 0 Å². The Morgan fingerprint density at radius 2 is 1.92 bits per heavy atom. The van der Waals surface area contributed by atoms with Gasteiger partial charge in [-0.05, 0) is 49.1 Å². The molecule has 0 amide bonds. The van der Waals surface area contributed by atoms with Crippen LogP contribution in [0.3, 0.4) is 0 Å². The third kappa shape index (κ3) is 1.68. The molecule has 0 bridgehead atoms. The molecule has 0 N–H and O–H groups in total. The molecule has 0 aromatic heterocycles. The summed E-state index contributed by atoms with van der Waals surface area (Å²) in [6.07, 6.45) is 1.87. The lowest BCUT2D eigenvalue weighted by Crippen LogP contribution is -1.96. The molecule has 3 radical (unpaired) electrons. The second kappa shape index (κ2) is 3.79. The summed E-state index contributed by atoms with van der Waals surface area (Å²) in [6.45, 7) is 9.92. The molecular weight excluding hydrogens is 176 g/mol. The van der Waals surface area contributed by atoms with E-state index in [0.717, 1.165) is 16.9 Å². The van der Waals surface area contributed by atoms with Gasteiger partial charge in [0.2, 0.25) is 0 Å². The van der Waals surface area contributed by atoms with E-state index in [4.69, 9.17) is 4.43 Å². The predicted molar refractivity (Wildman–Crippen MR) is 57.1 cm³/mol. The molecule has 1 aromatic carbocycles. The van der Waals surface area contributed by atoms with Crippen LogP contribution in [0.4, 0.5) is 0 Å². The first-order chi connectivity index (χ1) is 6.11. The Balaban J connectivity index is 3.45. The van der Waals surface area contributed by atoms with Gasteiger partial charge in [0.1, 0.15) is 5.75 Å². The molecule has 0 aliphatic rings. The van der Waals surface area contributed by atoms with Crippen LogP contribution in [0.5, 0.6) is 5.75 Å². The molecule has 13 heavy (non-hydrogen) atoms. The van der Waals surface area contributed by atoms with Gasteiger partial charge in [-0.15, -0.1) is 0 Å². The third-order valence-corrected chi connectivity index (χ3v) is 2.59. The third-order valence-electron chi connectivity index (χ3n) is 2.39. The topological polar surface area (TPSA) is 9.23 Å². The zero-order chi connectivity index (χ0) is 10.0. The smallest absolute Gasteiger partial charge is 0.341 e. The van der Waals surface area contributed by atoms with Crippen molar-refractivity contribution in [3.8, 4) is 5.75 Å². The quantitative estimate of drug-likeness (QED) is 0.650. The van der Waals surface area contributed by atoms with Gasteiger partial charge in [0.05, 0.1) is 0 Å². The molecule has 0 aliphatic heterocycles. The first-order valence-corrected chi connectivity index (χ1v) is 4.59. The van der Waals surface area contributed by atoms with Crippen LogP contribution >= 0.6 is 0 Å². The van der Waals surface area contributed by atoms with Crippen molar-refractivity contribution in [3.63, 3.8) is 0 Å². The highest BCUT2D eigenvalue weighted by molar-refractivity contribution is 6.00. The van der Waals surface area contributed by atoms with Crippen LogP contribution in [0, 0.1) is 20.8 Å². The summed E-state index contributed by atoms with van der Waals surface area (Å²) in [7, 11) is 3.06. The number of hydrogen-bond donors (Lipinski definition) is 0. The minimum Gasteiger partial charge on any atom is -0.540 e. The number of aryl methyl sites for hydroxylation is 1. The molecule has 0 heterocycles. The largest absolute Gasteiger partial charge is 0.540 e. The lowest BCUT2D eigenvalue weighted by atomic mass is 9.99. The van der Waals surface area contributed by atoms with Crippen molar-refractivity contribution >= 4 is 16.6 Å². The van der Waals surface area contributed by atoms with E-state index >= 15 is 0 Å². The number of rotatable bonds is 2. The molecular formula is C11H13OSi. The van der Waals surface area contributed by atoms with Gasteiger partial charge in [0.25, 0.3) is 0 Å². The zero-order valence-electron chi connectivity index (χ0n) is 8.27. The Morgan fingerprint density at radius 3 is 2.38 bits per heavy atom.